The van der Waals surface area contributed by atoms with E-state index in [1.54, 1.807) is 18.5 Å². The van der Waals surface area contributed by atoms with Crippen LogP contribution in [-0.2, 0) is 18.3 Å². The Hall–Kier alpha value is -2.77. The fraction of sp³-hybridized carbons (Fsp3) is 0.333. The lowest BCUT2D eigenvalue weighted by Gasteiger charge is -2.38. The highest BCUT2D eigenvalue weighted by Gasteiger charge is 2.37. The van der Waals surface area contributed by atoms with Gasteiger partial charge < -0.3 is 5.11 Å². The monoisotopic (exact) mass is 427 g/mol. The zero-order chi connectivity index (χ0) is 22.1. The second-order valence-electron chi connectivity index (χ2n) is 8.17. The molecule has 0 bridgehead atoms. The van der Waals surface area contributed by atoms with Crippen LogP contribution in [0.5, 0.6) is 0 Å². The summed E-state index contributed by atoms with van der Waals surface area (Å²) in [6.07, 6.45) is -0.0681. The third-order valence-corrected chi connectivity index (χ3v) is 5.80. The van der Waals surface area contributed by atoms with Gasteiger partial charge in [-0.15, -0.1) is 0 Å². The maximum atomic E-state index is 13.0. The minimum absolute atomic E-state index is 0.327. The van der Waals surface area contributed by atoms with Crippen molar-refractivity contribution < 1.29 is 18.3 Å². The lowest BCUT2D eigenvalue weighted by molar-refractivity contribution is -0.137. The molecular formula is C24H24F3N3O. The number of aliphatic hydroxyl groups is 1. The number of likely N-dealkylation sites (tertiary alicyclic amines) is 1. The molecule has 2 aromatic carbocycles. The largest absolute Gasteiger partial charge is 0.416 e. The quantitative estimate of drug-likeness (QED) is 0.640. The van der Waals surface area contributed by atoms with Crippen molar-refractivity contribution in [2.45, 2.75) is 38.1 Å². The molecule has 4 nitrogen and oxygen atoms in total. The van der Waals surface area contributed by atoms with Gasteiger partial charge in [-0.2, -0.15) is 13.2 Å². The van der Waals surface area contributed by atoms with Gasteiger partial charge in [0.15, 0.2) is 5.82 Å². The Morgan fingerprint density at radius 1 is 1.00 bits per heavy atom. The van der Waals surface area contributed by atoms with E-state index >= 15 is 0 Å². The van der Waals surface area contributed by atoms with E-state index in [0.29, 0.717) is 43.9 Å². The van der Waals surface area contributed by atoms with E-state index in [0.717, 1.165) is 28.8 Å². The Morgan fingerprint density at radius 2 is 1.68 bits per heavy atom. The highest BCUT2D eigenvalue weighted by Crippen LogP contribution is 2.37. The molecule has 0 unspecified atom stereocenters. The van der Waals surface area contributed by atoms with Crippen molar-refractivity contribution in [1.29, 1.82) is 0 Å². The van der Waals surface area contributed by atoms with Crippen LogP contribution in [0.25, 0.3) is 11.4 Å². The average molecular weight is 427 g/mol. The van der Waals surface area contributed by atoms with Crippen LogP contribution in [0.4, 0.5) is 13.2 Å². The summed E-state index contributed by atoms with van der Waals surface area (Å²) in [6, 6.07) is 13.0. The second kappa shape index (κ2) is 8.40. The van der Waals surface area contributed by atoms with E-state index in [-0.39, 0.29) is 0 Å². The van der Waals surface area contributed by atoms with Crippen LogP contribution in [0.3, 0.4) is 0 Å². The summed E-state index contributed by atoms with van der Waals surface area (Å²) in [4.78, 5) is 11.1. The van der Waals surface area contributed by atoms with E-state index in [1.165, 1.54) is 6.07 Å². The lowest BCUT2D eigenvalue weighted by atomic mass is 9.83. The van der Waals surface area contributed by atoms with Gasteiger partial charge in [-0.3, -0.25) is 4.90 Å². The Balaban J connectivity index is 1.39. The molecule has 4 rings (SSSR count). The summed E-state index contributed by atoms with van der Waals surface area (Å²) in [7, 11) is 0. The van der Waals surface area contributed by atoms with E-state index in [4.69, 9.17) is 0 Å². The van der Waals surface area contributed by atoms with Crippen molar-refractivity contribution in [2.75, 3.05) is 13.1 Å². The molecule has 0 spiro atoms. The van der Waals surface area contributed by atoms with Crippen molar-refractivity contribution in [3.63, 3.8) is 0 Å². The summed E-state index contributed by atoms with van der Waals surface area (Å²) in [5.74, 6) is 0.671. The highest BCUT2D eigenvalue weighted by molar-refractivity contribution is 5.55. The molecule has 3 aromatic rings. The number of halogens is 3. The molecular weight excluding hydrogens is 403 g/mol. The zero-order valence-electron chi connectivity index (χ0n) is 17.2. The molecule has 0 atom stereocenters. The van der Waals surface area contributed by atoms with Crippen LogP contribution in [0, 0.1) is 6.92 Å². The summed E-state index contributed by atoms with van der Waals surface area (Å²) in [5.41, 5.74) is 1.42. The fourth-order valence-electron chi connectivity index (χ4n) is 3.98. The minimum atomic E-state index is -4.42. The minimum Gasteiger partial charge on any atom is -0.385 e. The van der Waals surface area contributed by atoms with Gasteiger partial charge in [-0.05, 0) is 43.5 Å². The summed E-state index contributed by atoms with van der Waals surface area (Å²) in [5, 5.41) is 11.0. The first-order valence-corrected chi connectivity index (χ1v) is 10.2. The van der Waals surface area contributed by atoms with Gasteiger partial charge >= 0.3 is 6.18 Å². The normalized spacial score (nSPS) is 16.9. The molecule has 1 aliphatic heterocycles. The molecule has 31 heavy (non-hydrogen) atoms. The molecule has 0 amide bonds. The Bertz CT molecular complexity index is 1040. The van der Waals surface area contributed by atoms with Crippen LogP contribution in [0.2, 0.25) is 0 Å². The van der Waals surface area contributed by atoms with Crippen molar-refractivity contribution >= 4 is 0 Å². The van der Waals surface area contributed by atoms with Crippen LogP contribution < -0.4 is 0 Å². The summed E-state index contributed by atoms with van der Waals surface area (Å²) in [6.45, 7) is 3.81. The Kier molecular flexibility index (Phi) is 5.81. The van der Waals surface area contributed by atoms with Gasteiger partial charge in [-0.25, -0.2) is 9.97 Å². The smallest absolute Gasteiger partial charge is 0.385 e. The van der Waals surface area contributed by atoms with Gasteiger partial charge in [0.2, 0.25) is 0 Å². The Morgan fingerprint density at radius 3 is 2.32 bits per heavy atom. The van der Waals surface area contributed by atoms with Gasteiger partial charge in [0.25, 0.3) is 0 Å². The highest BCUT2D eigenvalue weighted by atomic mass is 19.4. The van der Waals surface area contributed by atoms with Gasteiger partial charge in [-0.1, -0.05) is 35.9 Å². The predicted octanol–water partition coefficient (Wildman–Crippen LogP) is 4.95. The first-order valence-electron chi connectivity index (χ1n) is 10.2. The standard InChI is InChI=1S/C24H24F3N3O/c1-17-4-2-5-19(12-17)22-28-14-18(15-29-22)16-30-10-8-23(31,9-11-30)20-6-3-7-21(13-20)24(25,26)27/h2-7,12-15,31H,8-11,16H2,1H3. The number of aryl methyl sites for hydroxylation is 1. The third-order valence-electron chi connectivity index (χ3n) is 5.80. The fourth-order valence-corrected chi connectivity index (χ4v) is 3.98. The molecule has 1 aromatic heterocycles. The number of alkyl halides is 3. The number of aromatic nitrogens is 2. The van der Waals surface area contributed by atoms with E-state index in [2.05, 4.69) is 14.9 Å². The SMILES string of the molecule is Cc1cccc(-c2ncc(CN3CCC(O)(c4cccc(C(F)(F)F)c4)CC3)cn2)c1. The number of nitrogens with zero attached hydrogens (tertiary/aromatic N) is 3. The van der Waals surface area contributed by atoms with Gasteiger partial charge in [0, 0.05) is 43.2 Å². The number of rotatable bonds is 4. The maximum Gasteiger partial charge on any atom is 0.416 e. The number of hydrogen-bond donors (Lipinski definition) is 1. The molecule has 1 aliphatic rings. The maximum absolute atomic E-state index is 13.0. The molecule has 0 saturated carbocycles. The lowest BCUT2D eigenvalue weighted by Crippen LogP contribution is -2.42. The predicted molar refractivity (Wildman–Crippen MR) is 112 cm³/mol. The van der Waals surface area contributed by atoms with Crippen LogP contribution in [0.15, 0.2) is 60.9 Å². The van der Waals surface area contributed by atoms with Crippen molar-refractivity contribution in [3.05, 3.63) is 83.2 Å². The van der Waals surface area contributed by atoms with Crippen molar-refractivity contribution in [3.8, 4) is 11.4 Å². The number of hydrogen-bond acceptors (Lipinski definition) is 4. The molecule has 2 heterocycles. The molecule has 1 saturated heterocycles. The summed E-state index contributed by atoms with van der Waals surface area (Å²) >= 11 is 0. The molecule has 7 heteroatoms. The number of benzene rings is 2. The summed E-state index contributed by atoms with van der Waals surface area (Å²) < 4.78 is 39.1. The van der Waals surface area contributed by atoms with Crippen LogP contribution >= 0.6 is 0 Å². The number of piperidine rings is 1. The zero-order valence-corrected chi connectivity index (χ0v) is 17.2. The van der Waals surface area contributed by atoms with E-state index in [9.17, 15) is 18.3 Å². The molecule has 0 aliphatic carbocycles. The van der Waals surface area contributed by atoms with Crippen molar-refractivity contribution in [1.82, 2.24) is 14.9 Å². The topological polar surface area (TPSA) is 49.2 Å². The third kappa shape index (κ3) is 4.94. The van der Waals surface area contributed by atoms with Crippen LogP contribution in [-0.4, -0.2) is 33.1 Å². The molecule has 1 N–H and O–H groups in total. The average Bonchev–Trinajstić information content (AvgIpc) is 2.76. The first kappa shape index (κ1) is 21.5. The first-order chi connectivity index (χ1) is 14.7. The van der Waals surface area contributed by atoms with Gasteiger partial charge in [0.05, 0.1) is 11.2 Å². The van der Waals surface area contributed by atoms with Crippen LogP contribution in [0.1, 0.15) is 35.1 Å². The van der Waals surface area contributed by atoms with E-state index in [1.807, 2.05) is 31.2 Å². The Labute approximate surface area is 179 Å². The molecule has 0 radical (unpaired) electrons. The second-order valence-corrected chi connectivity index (χ2v) is 8.17. The molecule has 1 fully saturated rings. The molecule has 162 valence electrons. The van der Waals surface area contributed by atoms with Gasteiger partial charge in [0.1, 0.15) is 0 Å². The van der Waals surface area contributed by atoms with E-state index < -0.39 is 17.3 Å². The van der Waals surface area contributed by atoms with Crippen molar-refractivity contribution in [2.24, 2.45) is 0 Å².